The second-order valence-corrected chi connectivity index (χ2v) is 4.20. The summed E-state index contributed by atoms with van der Waals surface area (Å²) < 4.78 is 0. The minimum absolute atomic E-state index is 0.245. The molecule has 3 rings (SSSR count). The molecule has 0 aliphatic carbocycles. The lowest BCUT2D eigenvalue weighted by molar-refractivity contribution is 0.0997. The Morgan fingerprint density at radius 3 is 2.88 bits per heavy atom. The predicted octanol–water partition coefficient (Wildman–Crippen LogP) is 2.47. The molecule has 0 unspecified atom stereocenters. The van der Waals surface area contributed by atoms with E-state index >= 15 is 0 Å². The van der Waals surface area contributed by atoms with Crippen LogP contribution in [0.15, 0.2) is 30.5 Å². The molecule has 17 heavy (non-hydrogen) atoms. The van der Waals surface area contributed by atoms with E-state index in [1.807, 2.05) is 18.2 Å². The molecule has 0 aliphatic rings. The van der Waals surface area contributed by atoms with Gasteiger partial charge in [0.2, 0.25) is 0 Å². The van der Waals surface area contributed by atoms with Gasteiger partial charge in [0.15, 0.2) is 5.69 Å². The molecule has 0 bridgehead atoms. The van der Waals surface area contributed by atoms with Crippen LogP contribution >= 0.6 is 11.6 Å². The standard InChI is InChI=1S/C12H8ClN3O/c13-6-1-2-9-8(5-6)7-3-4-15-11(12(14)17)10(7)16-9/h1-5,16H,(H2,14,17). The number of halogens is 1. The molecule has 0 saturated heterocycles. The lowest BCUT2D eigenvalue weighted by Gasteiger charge is -1.96. The van der Waals surface area contributed by atoms with Gasteiger partial charge in [-0.3, -0.25) is 4.79 Å². The maximum atomic E-state index is 11.3. The molecule has 0 aliphatic heterocycles. The van der Waals surface area contributed by atoms with Crippen molar-refractivity contribution in [1.29, 1.82) is 0 Å². The van der Waals surface area contributed by atoms with E-state index in [4.69, 9.17) is 17.3 Å². The fourth-order valence-corrected chi connectivity index (χ4v) is 2.15. The van der Waals surface area contributed by atoms with Crippen LogP contribution in [0.4, 0.5) is 0 Å². The summed E-state index contributed by atoms with van der Waals surface area (Å²) in [5, 5.41) is 2.50. The quantitative estimate of drug-likeness (QED) is 0.691. The van der Waals surface area contributed by atoms with Crippen LogP contribution in [0, 0.1) is 0 Å². The molecule has 3 N–H and O–H groups in total. The minimum Gasteiger partial charge on any atom is -0.364 e. The van der Waals surface area contributed by atoms with Crippen LogP contribution in [-0.4, -0.2) is 15.9 Å². The van der Waals surface area contributed by atoms with Gasteiger partial charge in [-0.2, -0.15) is 0 Å². The number of primary amides is 1. The Morgan fingerprint density at radius 1 is 1.29 bits per heavy atom. The average molecular weight is 246 g/mol. The Morgan fingerprint density at radius 2 is 2.12 bits per heavy atom. The third kappa shape index (κ3) is 1.45. The van der Waals surface area contributed by atoms with Gasteiger partial charge in [-0.1, -0.05) is 11.6 Å². The average Bonchev–Trinajstić information content (AvgIpc) is 2.66. The second kappa shape index (κ2) is 3.46. The first-order valence-corrected chi connectivity index (χ1v) is 5.40. The molecule has 1 amide bonds. The second-order valence-electron chi connectivity index (χ2n) is 3.76. The van der Waals surface area contributed by atoms with Crippen LogP contribution < -0.4 is 5.73 Å². The van der Waals surface area contributed by atoms with Gasteiger partial charge in [-0.15, -0.1) is 0 Å². The molecular formula is C12H8ClN3O. The van der Waals surface area contributed by atoms with Crippen molar-refractivity contribution >= 4 is 39.3 Å². The fraction of sp³-hybridized carbons (Fsp3) is 0. The van der Waals surface area contributed by atoms with Gasteiger partial charge >= 0.3 is 0 Å². The van der Waals surface area contributed by atoms with Gasteiger partial charge in [-0.05, 0) is 24.3 Å². The number of H-pyrrole nitrogens is 1. The van der Waals surface area contributed by atoms with Gasteiger partial charge < -0.3 is 10.7 Å². The lowest BCUT2D eigenvalue weighted by atomic mass is 10.1. The Hall–Kier alpha value is -2.07. The number of nitrogens with zero attached hydrogens (tertiary/aromatic N) is 1. The van der Waals surface area contributed by atoms with Crippen LogP contribution in [-0.2, 0) is 0 Å². The third-order valence-corrected chi connectivity index (χ3v) is 2.95. The van der Waals surface area contributed by atoms with Gasteiger partial charge in [0.1, 0.15) is 0 Å². The number of rotatable bonds is 1. The van der Waals surface area contributed by atoms with Crippen LogP contribution in [0.5, 0.6) is 0 Å². The molecule has 0 radical (unpaired) electrons. The zero-order valence-corrected chi connectivity index (χ0v) is 9.45. The van der Waals surface area contributed by atoms with E-state index in [9.17, 15) is 4.79 Å². The van der Waals surface area contributed by atoms with Gasteiger partial charge in [0.05, 0.1) is 5.52 Å². The van der Waals surface area contributed by atoms with Crippen LogP contribution in [0.2, 0.25) is 5.02 Å². The van der Waals surface area contributed by atoms with Gasteiger partial charge in [0, 0.05) is 27.5 Å². The minimum atomic E-state index is -0.548. The molecule has 0 fully saturated rings. The lowest BCUT2D eigenvalue weighted by Crippen LogP contribution is -2.13. The summed E-state index contributed by atoms with van der Waals surface area (Å²) >= 11 is 5.96. The van der Waals surface area contributed by atoms with E-state index in [2.05, 4.69) is 9.97 Å². The summed E-state index contributed by atoms with van der Waals surface area (Å²) in [6.07, 6.45) is 1.57. The summed E-state index contributed by atoms with van der Waals surface area (Å²) in [6.45, 7) is 0. The zero-order chi connectivity index (χ0) is 12.0. The highest BCUT2D eigenvalue weighted by atomic mass is 35.5. The number of nitrogens with two attached hydrogens (primary N) is 1. The molecule has 2 heterocycles. The predicted molar refractivity (Wildman–Crippen MR) is 67.1 cm³/mol. The molecule has 0 saturated carbocycles. The number of nitrogens with one attached hydrogen (secondary N) is 1. The Balaban J connectivity index is 2.51. The monoisotopic (exact) mass is 245 g/mol. The molecule has 3 aromatic rings. The Labute approximate surface area is 101 Å². The molecule has 0 spiro atoms. The number of carbonyl (C=O) groups is 1. The molecule has 84 valence electrons. The summed E-state index contributed by atoms with van der Waals surface area (Å²) in [6, 6.07) is 7.33. The van der Waals surface area contributed by atoms with Crippen molar-refractivity contribution in [3.63, 3.8) is 0 Å². The van der Waals surface area contributed by atoms with Crippen molar-refractivity contribution in [2.75, 3.05) is 0 Å². The first-order chi connectivity index (χ1) is 8.16. The molecule has 0 atom stereocenters. The largest absolute Gasteiger partial charge is 0.364 e. The maximum absolute atomic E-state index is 11.3. The molecule has 2 aromatic heterocycles. The molecule has 4 nitrogen and oxygen atoms in total. The highest BCUT2D eigenvalue weighted by Gasteiger charge is 2.12. The van der Waals surface area contributed by atoms with E-state index in [0.29, 0.717) is 10.5 Å². The zero-order valence-electron chi connectivity index (χ0n) is 8.70. The molecular weight excluding hydrogens is 238 g/mol. The molecule has 5 heteroatoms. The number of fused-ring (bicyclic) bond motifs is 3. The number of aromatic amines is 1. The van der Waals surface area contributed by atoms with E-state index in [1.165, 1.54) is 0 Å². The van der Waals surface area contributed by atoms with Crippen molar-refractivity contribution in [2.45, 2.75) is 0 Å². The van der Waals surface area contributed by atoms with Crippen molar-refractivity contribution in [2.24, 2.45) is 5.73 Å². The maximum Gasteiger partial charge on any atom is 0.269 e. The third-order valence-electron chi connectivity index (χ3n) is 2.72. The highest BCUT2D eigenvalue weighted by Crippen LogP contribution is 2.28. The Bertz CT molecular complexity index is 748. The fourth-order valence-electron chi connectivity index (χ4n) is 1.98. The number of benzene rings is 1. The summed E-state index contributed by atoms with van der Waals surface area (Å²) in [5.41, 5.74) is 7.08. The van der Waals surface area contributed by atoms with E-state index < -0.39 is 5.91 Å². The number of hydrogen-bond acceptors (Lipinski definition) is 2. The first kappa shape index (κ1) is 10.1. The number of hydrogen-bond donors (Lipinski definition) is 2. The van der Waals surface area contributed by atoms with Gasteiger partial charge in [0.25, 0.3) is 5.91 Å². The number of pyridine rings is 1. The summed E-state index contributed by atoms with van der Waals surface area (Å²) in [7, 11) is 0. The summed E-state index contributed by atoms with van der Waals surface area (Å²) in [5.74, 6) is -0.548. The normalized spacial score (nSPS) is 11.1. The number of carbonyl (C=O) groups excluding carboxylic acids is 1. The van der Waals surface area contributed by atoms with Crippen molar-refractivity contribution in [3.8, 4) is 0 Å². The van der Waals surface area contributed by atoms with Crippen molar-refractivity contribution < 1.29 is 4.79 Å². The van der Waals surface area contributed by atoms with Gasteiger partial charge in [-0.25, -0.2) is 4.98 Å². The Kier molecular flexibility index (Phi) is 2.06. The van der Waals surface area contributed by atoms with E-state index in [1.54, 1.807) is 12.3 Å². The molecule has 1 aromatic carbocycles. The van der Waals surface area contributed by atoms with Crippen LogP contribution in [0.3, 0.4) is 0 Å². The van der Waals surface area contributed by atoms with E-state index in [0.717, 1.165) is 16.3 Å². The first-order valence-electron chi connectivity index (χ1n) is 5.02. The number of amides is 1. The van der Waals surface area contributed by atoms with Crippen LogP contribution in [0.25, 0.3) is 21.8 Å². The van der Waals surface area contributed by atoms with Crippen molar-refractivity contribution in [1.82, 2.24) is 9.97 Å². The van der Waals surface area contributed by atoms with Crippen molar-refractivity contribution in [3.05, 3.63) is 41.2 Å². The summed E-state index contributed by atoms with van der Waals surface area (Å²) in [4.78, 5) is 18.4. The van der Waals surface area contributed by atoms with Crippen LogP contribution in [0.1, 0.15) is 10.5 Å². The number of aromatic nitrogens is 2. The van der Waals surface area contributed by atoms with E-state index in [-0.39, 0.29) is 5.69 Å². The smallest absolute Gasteiger partial charge is 0.269 e. The highest BCUT2D eigenvalue weighted by molar-refractivity contribution is 6.32. The SMILES string of the molecule is NC(=O)c1nccc2c1[nH]c1ccc(Cl)cc12. The topological polar surface area (TPSA) is 71.8 Å².